The summed E-state index contributed by atoms with van der Waals surface area (Å²) >= 11 is 0. The minimum atomic E-state index is -0.0245. The highest BCUT2D eigenvalue weighted by Crippen LogP contribution is 2.31. The van der Waals surface area contributed by atoms with E-state index in [2.05, 4.69) is 36.6 Å². The van der Waals surface area contributed by atoms with Crippen molar-refractivity contribution in [3.63, 3.8) is 0 Å². The van der Waals surface area contributed by atoms with Crippen LogP contribution in [0.15, 0.2) is 18.2 Å². The maximum atomic E-state index is 11.1. The van der Waals surface area contributed by atoms with Crippen LogP contribution in [0.4, 0.5) is 11.4 Å². The van der Waals surface area contributed by atoms with E-state index in [1.54, 1.807) is 0 Å². The lowest BCUT2D eigenvalue weighted by atomic mass is 9.80. The van der Waals surface area contributed by atoms with Gasteiger partial charge in [-0.15, -0.1) is 0 Å². The molecule has 0 aromatic heterocycles. The van der Waals surface area contributed by atoms with E-state index in [-0.39, 0.29) is 5.91 Å². The molecule has 3 atom stereocenters. The molecule has 3 heteroatoms. The van der Waals surface area contributed by atoms with Gasteiger partial charge in [-0.1, -0.05) is 20.3 Å². The molecular weight excluding hydrogens is 248 g/mol. The Morgan fingerprint density at radius 3 is 2.65 bits per heavy atom. The SMILES string of the molecule is CC(=O)Nc1ccc(NC2CC(C)CCC2C)cc1C. The van der Waals surface area contributed by atoms with Gasteiger partial charge in [0, 0.05) is 24.3 Å². The van der Waals surface area contributed by atoms with Gasteiger partial charge in [0.15, 0.2) is 0 Å². The molecule has 0 radical (unpaired) electrons. The molecule has 2 N–H and O–H groups in total. The van der Waals surface area contributed by atoms with E-state index in [1.807, 2.05) is 13.0 Å². The van der Waals surface area contributed by atoms with Crippen molar-refractivity contribution in [2.75, 3.05) is 10.6 Å². The van der Waals surface area contributed by atoms with Gasteiger partial charge in [0.1, 0.15) is 0 Å². The monoisotopic (exact) mass is 274 g/mol. The van der Waals surface area contributed by atoms with Crippen molar-refractivity contribution in [3.8, 4) is 0 Å². The van der Waals surface area contributed by atoms with Crippen molar-refractivity contribution >= 4 is 17.3 Å². The van der Waals surface area contributed by atoms with Gasteiger partial charge >= 0.3 is 0 Å². The molecule has 1 aromatic carbocycles. The Balaban J connectivity index is 2.06. The van der Waals surface area contributed by atoms with Gasteiger partial charge in [-0.3, -0.25) is 4.79 Å². The second-order valence-corrected chi connectivity index (χ2v) is 6.36. The topological polar surface area (TPSA) is 41.1 Å². The highest BCUT2D eigenvalue weighted by Gasteiger charge is 2.25. The molecule has 0 heterocycles. The average Bonchev–Trinajstić information content (AvgIpc) is 2.37. The summed E-state index contributed by atoms with van der Waals surface area (Å²) in [7, 11) is 0. The molecule has 1 aliphatic carbocycles. The lowest BCUT2D eigenvalue weighted by molar-refractivity contribution is -0.114. The predicted molar refractivity (Wildman–Crippen MR) is 85.1 cm³/mol. The Morgan fingerprint density at radius 1 is 1.25 bits per heavy atom. The molecule has 1 saturated carbocycles. The fourth-order valence-electron chi connectivity index (χ4n) is 3.03. The molecule has 1 fully saturated rings. The van der Waals surface area contributed by atoms with Crippen molar-refractivity contribution in [2.24, 2.45) is 11.8 Å². The van der Waals surface area contributed by atoms with Crippen LogP contribution in [-0.4, -0.2) is 11.9 Å². The van der Waals surface area contributed by atoms with Gasteiger partial charge in [-0.2, -0.15) is 0 Å². The normalized spacial score (nSPS) is 26.1. The standard InChI is InChI=1S/C17H26N2O/c1-11-5-6-12(2)17(9-11)19-15-7-8-16(13(3)10-15)18-14(4)20/h7-8,10-12,17,19H,5-6,9H2,1-4H3,(H,18,20). The van der Waals surface area contributed by atoms with E-state index >= 15 is 0 Å². The molecule has 0 spiro atoms. The first-order chi connectivity index (χ1) is 9.45. The van der Waals surface area contributed by atoms with E-state index in [0.29, 0.717) is 6.04 Å². The lowest BCUT2D eigenvalue weighted by Crippen LogP contribution is -2.33. The third kappa shape index (κ3) is 3.75. The summed E-state index contributed by atoms with van der Waals surface area (Å²) in [4.78, 5) is 11.1. The maximum absolute atomic E-state index is 11.1. The second-order valence-electron chi connectivity index (χ2n) is 6.36. The Bertz CT molecular complexity index is 484. The van der Waals surface area contributed by atoms with Crippen LogP contribution in [0, 0.1) is 18.8 Å². The number of benzene rings is 1. The zero-order valence-corrected chi connectivity index (χ0v) is 13.0. The molecule has 20 heavy (non-hydrogen) atoms. The molecule has 3 nitrogen and oxygen atoms in total. The van der Waals surface area contributed by atoms with Crippen LogP contribution in [0.1, 0.15) is 45.6 Å². The molecule has 1 aliphatic rings. The van der Waals surface area contributed by atoms with Crippen LogP contribution in [-0.2, 0) is 4.79 Å². The summed E-state index contributed by atoms with van der Waals surface area (Å²) < 4.78 is 0. The predicted octanol–water partition coefficient (Wildman–Crippen LogP) is 4.19. The lowest BCUT2D eigenvalue weighted by Gasteiger charge is -2.34. The molecule has 3 unspecified atom stereocenters. The number of aryl methyl sites for hydroxylation is 1. The van der Waals surface area contributed by atoms with Gasteiger partial charge in [0.05, 0.1) is 0 Å². The number of nitrogens with one attached hydrogen (secondary N) is 2. The quantitative estimate of drug-likeness (QED) is 0.867. The molecule has 0 aliphatic heterocycles. The van der Waals surface area contributed by atoms with Crippen molar-refractivity contribution < 1.29 is 4.79 Å². The molecule has 0 bridgehead atoms. The zero-order chi connectivity index (χ0) is 14.7. The van der Waals surface area contributed by atoms with E-state index in [4.69, 9.17) is 0 Å². The van der Waals surface area contributed by atoms with E-state index < -0.39 is 0 Å². The largest absolute Gasteiger partial charge is 0.382 e. The van der Waals surface area contributed by atoms with E-state index in [9.17, 15) is 4.79 Å². The third-order valence-electron chi connectivity index (χ3n) is 4.35. The van der Waals surface area contributed by atoms with Crippen LogP contribution in [0.3, 0.4) is 0 Å². The Kier molecular flexibility index (Phi) is 4.69. The van der Waals surface area contributed by atoms with Gasteiger partial charge in [-0.25, -0.2) is 0 Å². The van der Waals surface area contributed by atoms with Crippen LogP contribution in [0.2, 0.25) is 0 Å². The van der Waals surface area contributed by atoms with E-state index in [1.165, 1.54) is 26.2 Å². The number of rotatable bonds is 3. The number of amides is 1. The third-order valence-corrected chi connectivity index (χ3v) is 4.35. The summed E-state index contributed by atoms with van der Waals surface area (Å²) in [5.74, 6) is 1.51. The van der Waals surface area contributed by atoms with Gasteiger partial charge in [-0.05, 0) is 55.4 Å². The number of hydrogen-bond donors (Lipinski definition) is 2. The van der Waals surface area contributed by atoms with Crippen LogP contribution < -0.4 is 10.6 Å². The van der Waals surface area contributed by atoms with Crippen molar-refractivity contribution in [3.05, 3.63) is 23.8 Å². The maximum Gasteiger partial charge on any atom is 0.221 e. The van der Waals surface area contributed by atoms with Crippen LogP contribution in [0.25, 0.3) is 0 Å². The average molecular weight is 274 g/mol. The summed E-state index contributed by atoms with van der Waals surface area (Å²) in [5.41, 5.74) is 3.15. The number of anilines is 2. The second kappa shape index (κ2) is 6.29. The van der Waals surface area contributed by atoms with E-state index in [0.717, 1.165) is 28.8 Å². The van der Waals surface area contributed by atoms with Gasteiger partial charge in [0.2, 0.25) is 5.91 Å². The summed E-state index contributed by atoms with van der Waals surface area (Å²) in [6, 6.07) is 6.72. The van der Waals surface area contributed by atoms with Crippen LogP contribution in [0.5, 0.6) is 0 Å². The molecular formula is C17H26N2O. The summed E-state index contributed by atoms with van der Waals surface area (Å²) in [5, 5.41) is 6.52. The molecule has 2 rings (SSSR count). The highest BCUT2D eigenvalue weighted by molar-refractivity contribution is 5.89. The smallest absolute Gasteiger partial charge is 0.221 e. The fraction of sp³-hybridized carbons (Fsp3) is 0.588. The molecule has 110 valence electrons. The first kappa shape index (κ1) is 14.9. The van der Waals surface area contributed by atoms with Gasteiger partial charge < -0.3 is 10.6 Å². The Labute approximate surface area is 122 Å². The first-order valence-corrected chi connectivity index (χ1v) is 7.60. The zero-order valence-electron chi connectivity index (χ0n) is 13.0. The Morgan fingerprint density at radius 2 is 2.00 bits per heavy atom. The highest BCUT2D eigenvalue weighted by atomic mass is 16.1. The number of carbonyl (C=O) groups excluding carboxylic acids is 1. The first-order valence-electron chi connectivity index (χ1n) is 7.60. The van der Waals surface area contributed by atoms with Crippen molar-refractivity contribution in [1.82, 2.24) is 0 Å². The summed E-state index contributed by atoms with van der Waals surface area (Å²) in [6.45, 7) is 8.24. The fourth-order valence-corrected chi connectivity index (χ4v) is 3.03. The summed E-state index contributed by atoms with van der Waals surface area (Å²) in [6.07, 6.45) is 3.90. The van der Waals surface area contributed by atoms with Crippen molar-refractivity contribution in [1.29, 1.82) is 0 Å². The number of hydrogen-bond acceptors (Lipinski definition) is 2. The molecule has 0 saturated heterocycles. The van der Waals surface area contributed by atoms with Gasteiger partial charge in [0.25, 0.3) is 0 Å². The molecule has 1 aromatic rings. The molecule has 1 amide bonds. The van der Waals surface area contributed by atoms with Crippen LogP contribution >= 0.6 is 0 Å². The minimum absolute atomic E-state index is 0.0245. The number of carbonyl (C=O) groups is 1. The van der Waals surface area contributed by atoms with Crippen molar-refractivity contribution in [2.45, 2.75) is 53.0 Å². The minimum Gasteiger partial charge on any atom is -0.382 e. The Hall–Kier alpha value is -1.51.